The van der Waals surface area contributed by atoms with Gasteiger partial charge in [0.25, 0.3) is 0 Å². The third kappa shape index (κ3) is 13.3. The van der Waals surface area contributed by atoms with Crippen molar-refractivity contribution in [3.8, 4) is 0 Å². The average molecular weight is 224 g/mol. The molecule has 0 saturated heterocycles. The van der Waals surface area contributed by atoms with Crippen molar-refractivity contribution in [2.24, 2.45) is 10.2 Å². The minimum atomic E-state index is 0.864. The first kappa shape index (κ1) is 15.3. The first-order valence-corrected chi connectivity index (χ1v) is 6.89. The van der Waals surface area contributed by atoms with Crippen LogP contribution in [0.2, 0.25) is 0 Å². The van der Waals surface area contributed by atoms with E-state index in [2.05, 4.69) is 23.7 Å². The molecular formula is C14H28N2. The van der Waals surface area contributed by atoms with Crippen LogP contribution in [0.4, 0.5) is 0 Å². The largest absolute Gasteiger partial charge is 0.189 e. The Morgan fingerprint density at radius 3 is 1.81 bits per heavy atom. The summed E-state index contributed by atoms with van der Waals surface area (Å²) in [5.41, 5.74) is 0. The lowest BCUT2D eigenvalue weighted by Gasteiger charge is -2.00. The number of rotatable bonds is 12. The molecule has 2 nitrogen and oxygen atoms in total. The van der Waals surface area contributed by atoms with E-state index in [9.17, 15) is 0 Å². The van der Waals surface area contributed by atoms with Crippen molar-refractivity contribution in [1.29, 1.82) is 0 Å². The molecule has 0 amide bonds. The molecule has 0 saturated carbocycles. The number of unbranched alkanes of at least 4 members (excludes halogenated alkanes) is 9. The fourth-order valence-corrected chi connectivity index (χ4v) is 1.79. The van der Waals surface area contributed by atoms with Crippen LogP contribution in [-0.2, 0) is 0 Å². The van der Waals surface area contributed by atoms with Gasteiger partial charge in [-0.15, -0.1) is 0 Å². The van der Waals surface area contributed by atoms with Crippen LogP contribution in [0.5, 0.6) is 0 Å². The molecular weight excluding hydrogens is 196 g/mol. The zero-order valence-electron chi connectivity index (χ0n) is 11.0. The molecule has 0 unspecified atom stereocenters. The molecule has 0 aliphatic heterocycles. The summed E-state index contributed by atoms with van der Waals surface area (Å²) in [6, 6.07) is 0. The molecule has 0 radical (unpaired) electrons. The predicted molar refractivity (Wildman–Crippen MR) is 71.8 cm³/mol. The van der Waals surface area contributed by atoms with E-state index < -0.39 is 0 Å². The lowest BCUT2D eigenvalue weighted by Crippen LogP contribution is -1.83. The fourth-order valence-electron chi connectivity index (χ4n) is 1.79. The van der Waals surface area contributed by atoms with Crippen molar-refractivity contribution in [2.45, 2.75) is 71.1 Å². The highest BCUT2D eigenvalue weighted by molar-refractivity contribution is 4.57. The van der Waals surface area contributed by atoms with Crippen LogP contribution in [0, 0.1) is 0 Å². The minimum absolute atomic E-state index is 0.864. The van der Waals surface area contributed by atoms with Crippen LogP contribution >= 0.6 is 0 Å². The second-order valence-corrected chi connectivity index (χ2v) is 4.35. The quantitative estimate of drug-likeness (QED) is 0.309. The smallest absolute Gasteiger partial charge is 0.0603 e. The first-order valence-electron chi connectivity index (χ1n) is 6.89. The fraction of sp³-hybridized carbons (Fsp3) is 0.857. The summed E-state index contributed by atoms with van der Waals surface area (Å²) >= 11 is 0. The van der Waals surface area contributed by atoms with Crippen LogP contribution < -0.4 is 0 Å². The molecule has 0 aliphatic carbocycles. The van der Waals surface area contributed by atoms with Gasteiger partial charge in [0.15, 0.2) is 0 Å². The number of azo groups is 1. The summed E-state index contributed by atoms with van der Waals surface area (Å²) in [6.45, 7) is 6.62. The Labute approximate surface area is 101 Å². The Morgan fingerprint density at radius 2 is 1.31 bits per heavy atom. The van der Waals surface area contributed by atoms with E-state index >= 15 is 0 Å². The molecule has 2 heteroatoms. The lowest BCUT2D eigenvalue weighted by molar-refractivity contribution is 0.557. The first-order chi connectivity index (χ1) is 7.91. The molecule has 0 N–H and O–H groups in total. The van der Waals surface area contributed by atoms with E-state index in [0.29, 0.717) is 0 Å². The third-order valence-corrected chi connectivity index (χ3v) is 2.77. The maximum atomic E-state index is 3.96. The summed E-state index contributed by atoms with van der Waals surface area (Å²) < 4.78 is 0. The van der Waals surface area contributed by atoms with Gasteiger partial charge in [0.05, 0.1) is 6.54 Å². The maximum absolute atomic E-state index is 3.96. The number of nitrogens with zero attached hydrogens (tertiary/aromatic N) is 2. The monoisotopic (exact) mass is 224 g/mol. The molecule has 0 spiro atoms. The Hall–Kier alpha value is -0.660. The SMILES string of the molecule is C=CN=NCCCCCCCCCCCC. The van der Waals surface area contributed by atoms with Gasteiger partial charge in [0.1, 0.15) is 0 Å². The van der Waals surface area contributed by atoms with Crippen molar-refractivity contribution in [2.75, 3.05) is 6.54 Å². The third-order valence-electron chi connectivity index (χ3n) is 2.77. The zero-order valence-corrected chi connectivity index (χ0v) is 11.0. The molecule has 0 heterocycles. The van der Waals surface area contributed by atoms with Crippen LogP contribution in [0.3, 0.4) is 0 Å². The molecule has 0 aromatic carbocycles. The highest BCUT2D eigenvalue weighted by Crippen LogP contribution is 2.10. The molecule has 0 atom stereocenters. The van der Waals surface area contributed by atoms with Crippen molar-refractivity contribution in [3.63, 3.8) is 0 Å². The zero-order chi connectivity index (χ0) is 11.9. The van der Waals surface area contributed by atoms with Crippen molar-refractivity contribution >= 4 is 0 Å². The van der Waals surface area contributed by atoms with Gasteiger partial charge in [-0.3, -0.25) is 0 Å². The van der Waals surface area contributed by atoms with Gasteiger partial charge >= 0.3 is 0 Å². The Balaban J connectivity index is 2.93. The van der Waals surface area contributed by atoms with E-state index in [-0.39, 0.29) is 0 Å². The van der Waals surface area contributed by atoms with Crippen molar-refractivity contribution in [3.05, 3.63) is 12.8 Å². The van der Waals surface area contributed by atoms with Gasteiger partial charge in [0, 0.05) is 6.20 Å². The number of hydrogen-bond acceptors (Lipinski definition) is 2. The van der Waals surface area contributed by atoms with E-state index in [0.717, 1.165) is 6.54 Å². The molecule has 0 aromatic rings. The van der Waals surface area contributed by atoms with E-state index in [1.165, 1.54) is 70.4 Å². The maximum Gasteiger partial charge on any atom is 0.0603 e. The topological polar surface area (TPSA) is 24.7 Å². The molecule has 94 valence electrons. The van der Waals surface area contributed by atoms with Crippen molar-refractivity contribution in [1.82, 2.24) is 0 Å². The van der Waals surface area contributed by atoms with E-state index in [1.54, 1.807) is 0 Å². The highest BCUT2D eigenvalue weighted by Gasteiger charge is 1.91. The predicted octanol–water partition coefficient (Wildman–Crippen LogP) is 5.50. The molecule has 0 rings (SSSR count). The van der Waals surface area contributed by atoms with Gasteiger partial charge in [-0.05, 0) is 6.42 Å². The van der Waals surface area contributed by atoms with Gasteiger partial charge in [-0.1, -0.05) is 71.3 Å². The van der Waals surface area contributed by atoms with Crippen molar-refractivity contribution < 1.29 is 0 Å². The van der Waals surface area contributed by atoms with Crippen LogP contribution in [0.25, 0.3) is 0 Å². The molecule has 0 aliphatic rings. The Kier molecular flexibility index (Phi) is 13.7. The van der Waals surface area contributed by atoms with Gasteiger partial charge in [0.2, 0.25) is 0 Å². The van der Waals surface area contributed by atoms with Gasteiger partial charge < -0.3 is 0 Å². The molecule has 0 bridgehead atoms. The van der Waals surface area contributed by atoms with Crippen LogP contribution in [0.1, 0.15) is 71.1 Å². The van der Waals surface area contributed by atoms with E-state index in [4.69, 9.17) is 0 Å². The van der Waals surface area contributed by atoms with Gasteiger partial charge in [-0.2, -0.15) is 10.2 Å². The van der Waals surface area contributed by atoms with Gasteiger partial charge in [-0.25, -0.2) is 0 Å². The Morgan fingerprint density at radius 1 is 0.812 bits per heavy atom. The van der Waals surface area contributed by atoms with Crippen LogP contribution in [-0.4, -0.2) is 6.54 Å². The summed E-state index contributed by atoms with van der Waals surface area (Å²) in [5.74, 6) is 0. The second kappa shape index (κ2) is 14.3. The molecule has 0 fully saturated rings. The summed E-state index contributed by atoms with van der Waals surface area (Å²) in [6.07, 6.45) is 15.2. The standard InChI is InChI=1S/C14H28N2/c1-3-5-6-7-8-9-10-11-12-13-14-16-15-4-2/h4H,2-3,5-14H2,1H3. The van der Waals surface area contributed by atoms with E-state index in [1.807, 2.05) is 0 Å². The minimum Gasteiger partial charge on any atom is -0.189 e. The molecule has 0 aromatic heterocycles. The summed E-state index contributed by atoms with van der Waals surface area (Å²) in [7, 11) is 0. The highest BCUT2D eigenvalue weighted by atomic mass is 15.1. The van der Waals surface area contributed by atoms with Crippen LogP contribution in [0.15, 0.2) is 23.0 Å². The average Bonchev–Trinajstić information content (AvgIpc) is 2.31. The molecule has 16 heavy (non-hydrogen) atoms. The normalized spacial score (nSPS) is 11.1. The Bertz CT molecular complexity index is 164. The second-order valence-electron chi connectivity index (χ2n) is 4.35. The summed E-state index contributed by atoms with van der Waals surface area (Å²) in [5, 5.41) is 7.70. The summed E-state index contributed by atoms with van der Waals surface area (Å²) in [4.78, 5) is 0. The lowest BCUT2D eigenvalue weighted by atomic mass is 10.1. The number of hydrogen-bond donors (Lipinski definition) is 0.